The zero-order chi connectivity index (χ0) is 14.8. The predicted molar refractivity (Wildman–Crippen MR) is 85.0 cm³/mol. The number of nitrogen functional groups attached to an aromatic ring is 1. The summed E-state index contributed by atoms with van der Waals surface area (Å²) in [5, 5.41) is 0.842. The number of aromatic nitrogens is 2. The molecule has 6 heteroatoms. The van der Waals surface area contributed by atoms with Gasteiger partial charge in [0.15, 0.2) is 5.16 Å². The molecule has 0 aliphatic carbocycles. The molecule has 0 spiro atoms. The maximum atomic E-state index is 11.1. The Kier molecular flexibility index (Phi) is 3.53. The van der Waals surface area contributed by atoms with Crippen LogP contribution in [0.25, 0.3) is 11.0 Å². The van der Waals surface area contributed by atoms with Crippen LogP contribution in [0, 0.1) is 0 Å². The van der Waals surface area contributed by atoms with Gasteiger partial charge in [0, 0.05) is 17.0 Å². The second kappa shape index (κ2) is 5.49. The molecule has 0 unspecified atom stereocenters. The van der Waals surface area contributed by atoms with Gasteiger partial charge in [0.1, 0.15) is 0 Å². The highest BCUT2D eigenvalue weighted by Crippen LogP contribution is 2.26. The number of H-pyrrole nitrogens is 1. The Morgan fingerprint density at radius 1 is 1.24 bits per heavy atom. The molecular weight excluding hydrogens is 284 g/mol. The molecule has 2 aromatic carbocycles. The normalized spacial score (nSPS) is 10.9. The summed E-state index contributed by atoms with van der Waals surface area (Å²) in [6.45, 7) is 0. The second-order valence-corrected chi connectivity index (χ2v) is 5.59. The largest absolute Gasteiger partial charge is 0.398 e. The highest BCUT2D eigenvalue weighted by Gasteiger charge is 2.07. The first kappa shape index (κ1) is 13.5. The average Bonchev–Trinajstić information content (AvgIpc) is 2.88. The number of nitrogens with zero attached hydrogens (tertiary/aromatic N) is 1. The number of para-hydroxylation sites is 2. The van der Waals surface area contributed by atoms with Gasteiger partial charge in [0.2, 0.25) is 5.91 Å². The Morgan fingerprint density at radius 3 is 2.76 bits per heavy atom. The Labute approximate surface area is 125 Å². The number of hydrogen-bond donors (Lipinski definition) is 3. The summed E-state index contributed by atoms with van der Waals surface area (Å²) in [7, 11) is 0. The minimum atomic E-state index is -0.474. The first-order valence-electron chi connectivity index (χ1n) is 6.39. The number of thioether (sulfide) groups is 1. The van der Waals surface area contributed by atoms with Crippen LogP contribution >= 0.6 is 11.8 Å². The maximum absolute atomic E-state index is 11.1. The van der Waals surface area contributed by atoms with Crippen molar-refractivity contribution < 1.29 is 4.79 Å². The molecule has 3 rings (SSSR count). The fourth-order valence-electron chi connectivity index (χ4n) is 2.02. The number of nitrogens with two attached hydrogens (primary N) is 2. The number of benzene rings is 2. The quantitative estimate of drug-likeness (QED) is 0.509. The fraction of sp³-hybridized carbons (Fsp3) is 0.0667. The summed E-state index contributed by atoms with van der Waals surface area (Å²) >= 11 is 1.56. The van der Waals surface area contributed by atoms with Crippen molar-refractivity contribution in [2.24, 2.45) is 5.73 Å². The number of fused-ring (bicyclic) bond motifs is 1. The Morgan fingerprint density at radius 2 is 2.05 bits per heavy atom. The van der Waals surface area contributed by atoms with Gasteiger partial charge in [0.25, 0.3) is 0 Å². The van der Waals surface area contributed by atoms with Crippen molar-refractivity contribution in [3.8, 4) is 0 Å². The maximum Gasteiger partial charge on any atom is 0.248 e. The zero-order valence-electron chi connectivity index (χ0n) is 11.2. The molecule has 0 aliphatic rings. The van der Waals surface area contributed by atoms with Gasteiger partial charge in [-0.25, -0.2) is 4.98 Å². The van der Waals surface area contributed by atoms with E-state index in [0.29, 0.717) is 17.0 Å². The highest BCUT2D eigenvalue weighted by molar-refractivity contribution is 7.98. The lowest BCUT2D eigenvalue weighted by Crippen LogP contribution is -2.11. The highest BCUT2D eigenvalue weighted by atomic mass is 32.2. The van der Waals surface area contributed by atoms with Crippen molar-refractivity contribution in [1.82, 2.24) is 9.97 Å². The smallest absolute Gasteiger partial charge is 0.248 e. The molecule has 0 aliphatic heterocycles. The van der Waals surface area contributed by atoms with Crippen LogP contribution in [0.2, 0.25) is 0 Å². The summed E-state index contributed by atoms with van der Waals surface area (Å²) in [6, 6.07) is 13.0. The molecule has 0 fully saturated rings. The number of carbonyl (C=O) groups excluding carboxylic acids is 1. The first-order chi connectivity index (χ1) is 10.1. The Bertz CT molecular complexity index is 779. The van der Waals surface area contributed by atoms with E-state index in [1.807, 2.05) is 30.3 Å². The van der Waals surface area contributed by atoms with Crippen LogP contribution in [-0.2, 0) is 5.75 Å². The van der Waals surface area contributed by atoms with Crippen LogP contribution in [0.15, 0.2) is 47.6 Å². The number of carbonyl (C=O) groups is 1. The van der Waals surface area contributed by atoms with Crippen LogP contribution in [0.5, 0.6) is 0 Å². The van der Waals surface area contributed by atoms with Crippen molar-refractivity contribution in [3.05, 3.63) is 53.6 Å². The van der Waals surface area contributed by atoms with Crippen LogP contribution in [0.3, 0.4) is 0 Å². The third kappa shape index (κ3) is 2.85. The SMILES string of the molecule is NC(=O)c1ccc(CSc2nc3ccccc3[nH]2)c(N)c1. The van der Waals surface area contributed by atoms with Crippen molar-refractivity contribution in [2.45, 2.75) is 10.9 Å². The van der Waals surface area contributed by atoms with E-state index in [1.165, 1.54) is 0 Å². The molecule has 0 saturated heterocycles. The zero-order valence-corrected chi connectivity index (χ0v) is 12.0. The van der Waals surface area contributed by atoms with Gasteiger partial charge < -0.3 is 16.5 Å². The molecule has 0 bridgehead atoms. The molecule has 3 aromatic rings. The molecule has 5 N–H and O–H groups in total. The summed E-state index contributed by atoms with van der Waals surface area (Å²) in [5.74, 6) is 0.197. The van der Waals surface area contributed by atoms with E-state index in [2.05, 4.69) is 9.97 Å². The van der Waals surface area contributed by atoms with Crippen molar-refractivity contribution in [3.63, 3.8) is 0 Å². The van der Waals surface area contributed by atoms with Crippen molar-refractivity contribution in [2.75, 3.05) is 5.73 Å². The van der Waals surface area contributed by atoms with E-state index in [0.717, 1.165) is 21.8 Å². The van der Waals surface area contributed by atoms with Gasteiger partial charge >= 0.3 is 0 Å². The van der Waals surface area contributed by atoms with E-state index in [1.54, 1.807) is 23.9 Å². The fourth-order valence-corrected chi connectivity index (χ4v) is 2.92. The van der Waals surface area contributed by atoms with Crippen LogP contribution in [0.1, 0.15) is 15.9 Å². The Hall–Kier alpha value is -2.47. The van der Waals surface area contributed by atoms with Crippen LogP contribution in [0.4, 0.5) is 5.69 Å². The molecule has 1 aromatic heterocycles. The average molecular weight is 298 g/mol. The predicted octanol–water partition coefficient (Wildman–Crippen LogP) is 2.54. The van der Waals surface area contributed by atoms with E-state index in [-0.39, 0.29) is 0 Å². The van der Waals surface area contributed by atoms with Gasteiger partial charge in [-0.3, -0.25) is 4.79 Å². The van der Waals surface area contributed by atoms with Crippen LogP contribution in [-0.4, -0.2) is 15.9 Å². The van der Waals surface area contributed by atoms with E-state index >= 15 is 0 Å². The first-order valence-corrected chi connectivity index (χ1v) is 7.38. The number of hydrogen-bond acceptors (Lipinski definition) is 4. The molecule has 5 nitrogen and oxygen atoms in total. The van der Waals surface area contributed by atoms with E-state index in [4.69, 9.17) is 11.5 Å². The van der Waals surface area contributed by atoms with Gasteiger partial charge in [-0.1, -0.05) is 30.0 Å². The van der Waals surface area contributed by atoms with Crippen molar-refractivity contribution in [1.29, 1.82) is 0 Å². The van der Waals surface area contributed by atoms with Crippen molar-refractivity contribution >= 4 is 34.4 Å². The summed E-state index contributed by atoms with van der Waals surface area (Å²) in [6.07, 6.45) is 0. The van der Waals surface area contributed by atoms with Gasteiger partial charge in [-0.15, -0.1) is 0 Å². The second-order valence-electron chi connectivity index (χ2n) is 4.63. The standard InChI is InChI=1S/C15H14N4OS/c16-11-7-9(14(17)20)5-6-10(11)8-21-15-18-12-3-1-2-4-13(12)19-15/h1-7H,8,16H2,(H2,17,20)(H,18,19). The molecule has 21 heavy (non-hydrogen) atoms. The van der Waals surface area contributed by atoms with E-state index < -0.39 is 5.91 Å². The monoisotopic (exact) mass is 298 g/mol. The van der Waals surface area contributed by atoms with Gasteiger partial charge in [-0.2, -0.15) is 0 Å². The Balaban J connectivity index is 1.76. The van der Waals surface area contributed by atoms with Gasteiger partial charge in [0.05, 0.1) is 11.0 Å². The summed E-state index contributed by atoms with van der Waals surface area (Å²) in [4.78, 5) is 18.8. The summed E-state index contributed by atoms with van der Waals surface area (Å²) < 4.78 is 0. The van der Waals surface area contributed by atoms with Crippen LogP contribution < -0.4 is 11.5 Å². The molecule has 1 amide bonds. The van der Waals surface area contributed by atoms with Gasteiger partial charge in [-0.05, 0) is 29.8 Å². The number of anilines is 1. The molecule has 0 atom stereocenters. The molecule has 0 saturated carbocycles. The minimum absolute atomic E-state index is 0.421. The third-order valence-electron chi connectivity index (χ3n) is 3.16. The third-order valence-corrected chi connectivity index (χ3v) is 4.08. The number of nitrogens with one attached hydrogen (secondary N) is 1. The molecule has 1 heterocycles. The molecule has 106 valence electrons. The van der Waals surface area contributed by atoms with E-state index in [9.17, 15) is 4.79 Å². The molecular formula is C15H14N4OS. The lowest BCUT2D eigenvalue weighted by molar-refractivity contribution is 0.100. The number of rotatable bonds is 4. The number of amides is 1. The number of primary amides is 1. The number of imidazole rings is 1. The minimum Gasteiger partial charge on any atom is -0.398 e. The topological polar surface area (TPSA) is 97.8 Å². The molecule has 0 radical (unpaired) electrons. The lowest BCUT2D eigenvalue weighted by Gasteiger charge is -2.05. The summed E-state index contributed by atoms with van der Waals surface area (Å²) in [5.41, 5.74) is 15.1. The lowest BCUT2D eigenvalue weighted by atomic mass is 10.1. The number of aromatic amines is 1.